The Morgan fingerprint density at radius 3 is 2.42 bits per heavy atom. The van der Waals surface area contributed by atoms with Gasteiger partial charge in [-0.2, -0.15) is 0 Å². The molecule has 9 heteroatoms. The third-order valence-electron chi connectivity index (χ3n) is 4.85. The van der Waals surface area contributed by atoms with Crippen LogP contribution >= 0.6 is 0 Å². The average Bonchev–Trinajstić information content (AvgIpc) is 2.73. The second kappa shape index (κ2) is 7.21. The van der Waals surface area contributed by atoms with E-state index in [9.17, 15) is 33.4 Å². The number of hydrogen-bond donors (Lipinski definition) is 3. The highest BCUT2D eigenvalue weighted by Gasteiger charge is 2.25. The summed E-state index contributed by atoms with van der Waals surface area (Å²) in [5.41, 5.74) is -1.20. The predicted octanol–water partition coefficient (Wildman–Crippen LogP) is 3.61. The standard InChI is InChI=1S/C22H13F2NO6/c1-25-21(28)9-2-3-10(22(29)30)11(4-9)20-12-5-14(23)16(26)7-18(12)31-19-8-17(27)15(24)6-13(19)20/h2-8,26H,1H3,(H,25,28)(H,29,30). The van der Waals surface area contributed by atoms with Gasteiger partial charge in [-0.15, -0.1) is 0 Å². The minimum Gasteiger partial charge on any atom is -0.505 e. The van der Waals surface area contributed by atoms with Crippen molar-refractivity contribution >= 4 is 22.8 Å². The quantitative estimate of drug-likeness (QED) is 0.432. The number of phenols is 1. The van der Waals surface area contributed by atoms with Crippen LogP contribution in [0.15, 0.2) is 51.7 Å². The fourth-order valence-corrected chi connectivity index (χ4v) is 3.41. The number of carboxylic acids is 1. The number of carboxylic acid groups (broad SMARTS) is 1. The highest BCUT2D eigenvalue weighted by Crippen LogP contribution is 2.43. The molecule has 7 nitrogen and oxygen atoms in total. The lowest BCUT2D eigenvalue weighted by Crippen LogP contribution is -2.18. The number of fused-ring (bicyclic) bond motifs is 2. The molecule has 3 N–H and O–H groups in total. The summed E-state index contributed by atoms with van der Waals surface area (Å²) < 4.78 is 33.9. The molecular weight excluding hydrogens is 412 g/mol. The topological polar surface area (TPSA) is 117 Å². The lowest BCUT2D eigenvalue weighted by molar-refractivity contribution is 0.0697. The SMILES string of the molecule is CNC(=O)c1ccc(C(=O)O)c(-c2c3cc(F)c(=O)cc-3oc3cc(O)c(F)cc23)c1. The highest BCUT2D eigenvalue weighted by atomic mass is 19.1. The number of halogens is 2. The maximum Gasteiger partial charge on any atom is 0.336 e. The molecule has 0 fully saturated rings. The first-order valence-electron chi connectivity index (χ1n) is 8.89. The Kier molecular flexibility index (Phi) is 4.65. The van der Waals surface area contributed by atoms with Crippen LogP contribution in [0.25, 0.3) is 33.4 Å². The highest BCUT2D eigenvalue weighted by molar-refractivity contribution is 6.09. The van der Waals surface area contributed by atoms with E-state index in [0.29, 0.717) is 0 Å². The maximum atomic E-state index is 14.2. The van der Waals surface area contributed by atoms with Gasteiger partial charge in [0.05, 0.1) is 5.56 Å². The van der Waals surface area contributed by atoms with Crippen molar-refractivity contribution in [2.24, 2.45) is 0 Å². The molecule has 1 aliphatic carbocycles. The number of amides is 1. The summed E-state index contributed by atoms with van der Waals surface area (Å²) in [4.78, 5) is 35.8. The molecule has 0 radical (unpaired) electrons. The number of phenolic OH excluding ortho intramolecular Hbond substituents is 1. The fraction of sp³-hybridized carbons (Fsp3) is 0.0455. The van der Waals surface area contributed by atoms with Crippen LogP contribution < -0.4 is 10.7 Å². The van der Waals surface area contributed by atoms with Gasteiger partial charge in [-0.25, -0.2) is 13.6 Å². The maximum absolute atomic E-state index is 14.2. The van der Waals surface area contributed by atoms with Gasteiger partial charge >= 0.3 is 5.97 Å². The summed E-state index contributed by atoms with van der Waals surface area (Å²) in [6.07, 6.45) is 0. The van der Waals surface area contributed by atoms with Gasteiger partial charge in [0, 0.05) is 41.3 Å². The van der Waals surface area contributed by atoms with Crippen LogP contribution in [-0.4, -0.2) is 29.1 Å². The third kappa shape index (κ3) is 3.25. The molecule has 1 aliphatic heterocycles. The second-order valence-corrected chi connectivity index (χ2v) is 6.70. The number of rotatable bonds is 3. The Bertz CT molecular complexity index is 1430. The first-order chi connectivity index (χ1) is 14.7. The summed E-state index contributed by atoms with van der Waals surface area (Å²) in [6.45, 7) is 0. The molecule has 0 saturated carbocycles. The molecule has 1 amide bonds. The zero-order valence-electron chi connectivity index (χ0n) is 15.8. The van der Waals surface area contributed by atoms with E-state index in [1.807, 2.05) is 0 Å². The van der Waals surface area contributed by atoms with Crippen molar-refractivity contribution in [3.05, 3.63) is 75.4 Å². The van der Waals surface area contributed by atoms with E-state index in [4.69, 9.17) is 4.42 Å². The molecule has 1 heterocycles. The van der Waals surface area contributed by atoms with Gasteiger partial charge in [0.2, 0.25) is 5.43 Å². The predicted molar refractivity (Wildman–Crippen MR) is 106 cm³/mol. The molecule has 0 atom stereocenters. The Hall–Kier alpha value is -4.27. The van der Waals surface area contributed by atoms with Crippen LogP contribution in [0.2, 0.25) is 0 Å². The number of aromatic carboxylic acids is 1. The van der Waals surface area contributed by atoms with E-state index in [0.717, 1.165) is 24.3 Å². The van der Waals surface area contributed by atoms with Crippen molar-refractivity contribution in [3.63, 3.8) is 0 Å². The molecule has 2 aliphatic rings. The minimum atomic E-state index is -1.35. The largest absolute Gasteiger partial charge is 0.505 e. The molecule has 31 heavy (non-hydrogen) atoms. The van der Waals surface area contributed by atoms with Gasteiger partial charge < -0.3 is 19.9 Å². The third-order valence-corrected chi connectivity index (χ3v) is 4.85. The molecule has 0 saturated heterocycles. The Morgan fingerprint density at radius 1 is 1.00 bits per heavy atom. The van der Waals surface area contributed by atoms with Gasteiger partial charge in [-0.1, -0.05) is 0 Å². The normalized spacial score (nSPS) is 11.1. The zero-order chi connectivity index (χ0) is 22.4. The van der Waals surface area contributed by atoms with Gasteiger partial charge in [0.25, 0.3) is 5.91 Å². The van der Waals surface area contributed by atoms with Crippen LogP contribution in [0, 0.1) is 11.6 Å². The van der Waals surface area contributed by atoms with E-state index in [-0.39, 0.29) is 44.5 Å². The lowest BCUT2D eigenvalue weighted by atomic mass is 9.89. The van der Waals surface area contributed by atoms with Crippen molar-refractivity contribution in [2.75, 3.05) is 7.05 Å². The van der Waals surface area contributed by atoms with Crippen molar-refractivity contribution in [3.8, 4) is 28.2 Å². The average molecular weight is 425 g/mol. The monoisotopic (exact) mass is 425 g/mol. The molecule has 4 rings (SSSR count). The molecule has 0 aromatic heterocycles. The van der Waals surface area contributed by atoms with E-state index in [1.165, 1.54) is 25.2 Å². The van der Waals surface area contributed by atoms with E-state index in [1.54, 1.807) is 0 Å². The molecular formula is C22H13F2NO6. The minimum absolute atomic E-state index is 0.00811. The molecule has 156 valence electrons. The first kappa shape index (κ1) is 20.0. The zero-order valence-corrected chi connectivity index (χ0v) is 15.8. The van der Waals surface area contributed by atoms with Crippen molar-refractivity contribution < 1.29 is 33.0 Å². The Morgan fingerprint density at radius 2 is 1.74 bits per heavy atom. The number of benzene rings is 3. The smallest absolute Gasteiger partial charge is 0.336 e. The van der Waals surface area contributed by atoms with Gasteiger partial charge in [0.1, 0.15) is 11.3 Å². The fourth-order valence-electron chi connectivity index (χ4n) is 3.41. The van der Waals surface area contributed by atoms with Gasteiger partial charge in [-0.3, -0.25) is 9.59 Å². The van der Waals surface area contributed by atoms with Crippen LogP contribution in [0.3, 0.4) is 0 Å². The molecule has 2 aromatic rings. The molecule has 2 aromatic carbocycles. The summed E-state index contributed by atoms with van der Waals surface area (Å²) >= 11 is 0. The molecule has 0 spiro atoms. The number of carbonyl (C=O) groups excluding carboxylic acids is 1. The summed E-state index contributed by atoms with van der Waals surface area (Å²) in [5.74, 6) is -4.85. The number of aromatic hydroxyl groups is 1. The van der Waals surface area contributed by atoms with Gasteiger partial charge in [0.15, 0.2) is 17.4 Å². The summed E-state index contributed by atoms with van der Waals surface area (Å²) in [5, 5.41) is 21.9. The number of carbonyl (C=O) groups is 2. The molecule has 0 bridgehead atoms. The van der Waals surface area contributed by atoms with Crippen LogP contribution in [-0.2, 0) is 0 Å². The Labute approximate surface area is 172 Å². The molecule has 0 unspecified atom stereocenters. The van der Waals surface area contributed by atoms with Crippen LogP contribution in [0.4, 0.5) is 8.78 Å². The van der Waals surface area contributed by atoms with Crippen LogP contribution in [0.1, 0.15) is 20.7 Å². The summed E-state index contributed by atoms with van der Waals surface area (Å²) in [6, 6.07) is 7.36. The second-order valence-electron chi connectivity index (χ2n) is 6.70. The van der Waals surface area contributed by atoms with Crippen molar-refractivity contribution in [1.82, 2.24) is 5.32 Å². The van der Waals surface area contributed by atoms with E-state index >= 15 is 0 Å². The van der Waals surface area contributed by atoms with Gasteiger partial charge in [-0.05, 0) is 35.9 Å². The van der Waals surface area contributed by atoms with E-state index in [2.05, 4.69) is 5.32 Å². The van der Waals surface area contributed by atoms with Crippen molar-refractivity contribution in [2.45, 2.75) is 0 Å². The Balaban J connectivity index is 2.24. The van der Waals surface area contributed by atoms with Crippen molar-refractivity contribution in [1.29, 1.82) is 0 Å². The first-order valence-corrected chi connectivity index (χ1v) is 8.89. The number of hydrogen-bond acceptors (Lipinski definition) is 5. The number of nitrogens with one attached hydrogen (secondary N) is 1. The summed E-state index contributed by atoms with van der Waals surface area (Å²) in [7, 11) is 1.39. The lowest BCUT2D eigenvalue weighted by Gasteiger charge is -2.17. The van der Waals surface area contributed by atoms with Crippen LogP contribution in [0.5, 0.6) is 5.75 Å². The van der Waals surface area contributed by atoms with E-state index < -0.39 is 34.7 Å².